The maximum atomic E-state index is 12.1. The van der Waals surface area contributed by atoms with Crippen molar-refractivity contribution in [3.05, 3.63) is 57.3 Å². The fourth-order valence-electron chi connectivity index (χ4n) is 2.21. The summed E-state index contributed by atoms with van der Waals surface area (Å²) in [5.41, 5.74) is 6.24. The summed E-state index contributed by atoms with van der Waals surface area (Å²) in [5, 5.41) is 2.58. The van der Waals surface area contributed by atoms with E-state index in [-0.39, 0.29) is 11.8 Å². The largest absolute Gasteiger partial charge is 0.340 e. The van der Waals surface area contributed by atoms with Gasteiger partial charge < -0.3 is 5.32 Å². The number of hydrogen-bond donors (Lipinski definition) is 3. The van der Waals surface area contributed by atoms with Gasteiger partial charge in [0, 0.05) is 10.4 Å². The molecule has 0 radical (unpaired) electrons. The number of rotatable bonds is 5. The number of hydrazine groups is 1. The lowest BCUT2D eigenvalue weighted by atomic mass is 10.2. The third-order valence-corrected chi connectivity index (χ3v) is 5.02. The van der Waals surface area contributed by atoms with E-state index < -0.39 is 11.9 Å². The number of carbonyl (C=O) groups is 3. The zero-order chi connectivity index (χ0) is 18.4. The predicted octanol–water partition coefficient (Wildman–Crippen LogP) is 2.20. The molecule has 2 aromatic rings. The molecule has 0 aliphatic rings. The molecule has 6 nitrogen and oxygen atoms in total. The van der Waals surface area contributed by atoms with Crippen LogP contribution >= 0.6 is 11.3 Å². The van der Waals surface area contributed by atoms with Crippen molar-refractivity contribution < 1.29 is 14.4 Å². The Morgan fingerprint density at radius 2 is 1.76 bits per heavy atom. The van der Waals surface area contributed by atoms with Gasteiger partial charge in [-0.2, -0.15) is 0 Å². The second-order valence-corrected chi connectivity index (χ2v) is 6.71. The van der Waals surface area contributed by atoms with Crippen molar-refractivity contribution in [3.8, 4) is 0 Å². The molecular weight excluding hydrogens is 338 g/mol. The van der Waals surface area contributed by atoms with E-state index in [1.807, 2.05) is 13.8 Å². The molecule has 0 aliphatic heterocycles. The molecule has 1 aromatic carbocycles. The molecule has 0 saturated carbocycles. The first-order valence-corrected chi connectivity index (χ1v) is 8.79. The van der Waals surface area contributed by atoms with Gasteiger partial charge in [0.05, 0.1) is 4.88 Å². The molecule has 0 spiro atoms. The monoisotopic (exact) mass is 359 g/mol. The average Bonchev–Trinajstić information content (AvgIpc) is 3.00. The zero-order valence-corrected chi connectivity index (χ0v) is 15.2. The van der Waals surface area contributed by atoms with Crippen LogP contribution < -0.4 is 16.2 Å². The Balaban J connectivity index is 1.86. The van der Waals surface area contributed by atoms with Crippen LogP contribution in [0.25, 0.3) is 0 Å². The lowest BCUT2D eigenvalue weighted by Crippen LogP contribution is -2.51. The van der Waals surface area contributed by atoms with Crippen LogP contribution in [0.3, 0.4) is 0 Å². The first kappa shape index (κ1) is 18.7. The summed E-state index contributed by atoms with van der Waals surface area (Å²) in [4.78, 5) is 37.8. The molecule has 2 rings (SSSR count). The van der Waals surface area contributed by atoms with Gasteiger partial charge in [0.15, 0.2) is 0 Å². The van der Waals surface area contributed by atoms with Crippen LogP contribution in [0.1, 0.15) is 44.3 Å². The van der Waals surface area contributed by atoms with E-state index in [2.05, 4.69) is 16.2 Å². The summed E-state index contributed by atoms with van der Waals surface area (Å²) in [6, 6.07) is 9.62. The summed E-state index contributed by atoms with van der Waals surface area (Å²) < 4.78 is 0. The Bertz CT molecular complexity index is 771. The first-order valence-electron chi connectivity index (χ1n) is 7.97. The van der Waals surface area contributed by atoms with Crippen molar-refractivity contribution in [1.29, 1.82) is 0 Å². The van der Waals surface area contributed by atoms with Crippen LogP contribution in [-0.4, -0.2) is 23.8 Å². The minimum Gasteiger partial charge on any atom is -0.340 e. The van der Waals surface area contributed by atoms with Gasteiger partial charge in [0.1, 0.15) is 6.04 Å². The molecule has 3 amide bonds. The van der Waals surface area contributed by atoms with Crippen molar-refractivity contribution in [2.24, 2.45) is 0 Å². The lowest BCUT2D eigenvalue weighted by Gasteiger charge is -2.14. The molecule has 1 unspecified atom stereocenters. The molecule has 25 heavy (non-hydrogen) atoms. The van der Waals surface area contributed by atoms with Crippen LogP contribution in [0.15, 0.2) is 36.4 Å². The quantitative estimate of drug-likeness (QED) is 0.715. The van der Waals surface area contributed by atoms with Gasteiger partial charge in [0.25, 0.3) is 17.7 Å². The van der Waals surface area contributed by atoms with E-state index in [0.717, 1.165) is 16.9 Å². The number of aryl methyl sites for hydroxylation is 2. The minimum absolute atomic E-state index is 0.351. The van der Waals surface area contributed by atoms with Crippen LogP contribution in [0.5, 0.6) is 0 Å². The molecule has 0 bridgehead atoms. The molecular formula is C18H21N3O3S. The topological polar surface area (TPSA) is 87.3 Å². The number of carbonyl (C=O) groups excluding carboxylic acids is 3. The number of nitrogens with one attached hydrogen (secondary N) is 3. The maximum Gasteiger partial charge on any atom is 0.279 e. The molecule has 0 saturated heterocycles. The molecule has 1 atom stereocenters. The van der Waals surface area contributed by atoms with E-state index in [0.29, 0.717) is 10.4 Å². The normalized spacial score (nSPS) is 11.5. The molecule has 132 valence electrons. The van der Waals surface area contributed by atoms with Gasteiger partial charge >= 0.3 is 0 Å². The number of hydrogen-bond acceptors (Lipinski definition) is 4. The summed E-state index contributed by atoms with van der Waals surface area (Å²) in [7, 11) is 0. The van der Waals surface area contributed by atoms with Gasteiger partial charge in [0.2, 0.25) is 0 Å². The first-order chi connectivity index (χ1) is 11.9. The number of amides is 3. The SMILES string of the molecule is CCc1sc(C(=O)NNC(=O)C(C)NC(=O)c2ccccc2)cc1C. The van der Waals surface area contributed by atoms with Gasteiger partial charge in [-0.1, -0.05) is 25.1 Å². The average molecular weight is 359 g/mol. The van der Waals surface area contributed by atoms with E-state index >= 15 is 0 Å². The Kier molecular flexibility index (Phi) is 6.30. The maximum absolute atomic E-state index is 12.1. The standard InChI is InChI=1S/C18H21N3O3S/c1-4-14-11(2)10-15(25-14)18(24)21-20-16(22)12(3)19-17(23)13-8-6-5-7-9-13/h5-10,12H,4H2,1-3H3,(H,19,23)(H,20,22)(H,21,24). The Hall–Kier alpha value is -2.67. The third-order valence-electron chi connectivity index (χ3n) is 3.64. The van der Waals surface area contributed by atoms with Crippen LogP contribution in [0, 0.1) is 6.92 Å². The third kappa shape index (κ3) is 4.90. The highest BCUT2D eigenvalue weighted by Crippen LogP contribution is 2.21. The van der Waals surface area contributed by atoms with Crippen molar-refractivity contribution in [1.82, 2.24) is 16.2 Å². The van der Waals surface area contributed by atoms with E-state index in [1.165, 1.54) is 11.3 Å². The van der Waals surface area contributed by atoms with E-state index in [4.69, 9.17) is 0 Å². The van der Waals surface area contributed by atoms with Crippen LogP contribution in [0.4, 0.5) is 0 Å². The van der Waals surface area contributed by atoms with Crippen molar-refractivity contribution in [2.75, 3.05) is 0 Å². The Labute approximate surface area is 150 Å². The number of thiophene rings is 1. The second-order valence-electron chi connectivity index (χ2n) is 5.57. The zero-order valence-electron chi connectivity index (χ0n) is 14.4. The summed E-state index contributed by atoms with van der Waals surface area (Å²) in [6.07, 6.45) is 0.860. The minimum atomic E-state index is -0.788. The molecule has 0 aliphatic carbocycles. The predicted molar refractivity (Wildman–Crippen MR) is 97.4 cm³/mol. The molecule has 1 heterocycles. The molecule has 7 heteroatoms. The number of benzene rings is 1. The smallest absolute Gasteiger partial charge is 0.279 e. The summed E-state index contributed by atoms with van der Waals surface area (Å²) in [6.45, 7) is 5.53. The van der Waals surface area contributed by atoms with Crippen molar-refractivity contribution in [3.63, 3.8) is 0 Å². The van der Waals surface area contributed by atoms with Gasteiger partial charge in [-0.05, 0) is 44.0 Å². The molecule has 0 fully saturated rings. The Morgan fingerprint density at radius 3 is 2.36 bits per heavy atom. The molecule has 3 N–H and O–H groups in total. The fourth-order valence-corrected chi connectivity index (χ4v) is 3.22. The fraction of sp³-hybridized carbons (Fsp3) is 0.278. The highest BCUT2D eigenvalue weighted by Gasteiger charge is 2.18. The highest BCUT2D eigenvalue weighted by molar-refractivity contribution is 7.14. The second kappa shape index (κ2) is 8.43. The van der Waals surface area contributed by atoms with Crippen molar-refractivity contribution >= 4 is 29.1 Å². The van der Waals surface area contributed by atoms with Crippen LogP contribution in [0.2, 0.25) is 0 Å². The van der Waals surface area contributed by atoms with E-state index in [1.54, 1.807) is 43.3 Å². The van der Waals surface area contributed by atoms with Gasteiger partial charge in [-0.15, -0.1) is 11.3 Å². The van der Waals surface area contributed by atoms with Crippen molar-refractivity contribution in [2.45, 2.75) is 33.2 Å². The summed E-state index contributed by atoms with van der Waals surface area (Å²) >= 11 is 1.40. The van der Waals surface area contributed by atoms with E-state index in [9.17, 15) is 14.4 Å². The van der Waals surface area contributed by atoms with Gasteiger partial charge in [-0.3, -0.25) is 25.2 Å². The highest BCUT2D eigenvalue weighted by atomic mass is 32.1. The summed E-state index contributed by atoms with van der Waals surface area (Å²) in [5.74, 6) is -1.22. The van der Waals surface area contributed by atoms with Gasteiger partial charge in [-0.25, -0.2) is 0 Å². The molecule has 1 aromatic heterocycles. The van der Waals surface area contributed by atoms with Crippen LogP contribution in [-0.2, 0) is 11.2 Å². The Morgan fingerprint density at radius 1 is 1.08 bits per heavy atom. The lowest BCUT2D eigenvalue weighted by molar-refractivity contribution is -0.123.